The van der Waals surface area contributed by atoms with Gasteiger partial charge >= 0.3 is 5.97 Å². The van der Waals surface area contributed by atoms with E-state index < -0.39 is 35.6 Å². The first kappa shape index (κ1) is 14.3. The molecule has 3 N–H and O–H groups in total. The summed E-state index contributed by atoms with van der Waals surface area (Å²) in [5.41, 5.74) is -0.386. The van der Waals surface area contributed by atoms with E-state index in [0.29, 0.717) is 12.1 Å². The highest BCUT2D eigenvalue weighted by Gasteiger charge is 2.28. The van der Waals surface area contributed by atoms with E-state index in [2.05, 4.69) is 4.74 Å². The number of carbonyl (C=O) groups excluding carboxylic acids is 1. The van der Waals surface area contributed by atoms with E-state index in [1.54, 1.807) is 0 Å². The molecule has 1 aromatic rings. The molecule has 1 rings (SSSR count). The molecule has 0 aliphatic heterocycles. The summed E-state index contributed by atoms with van der Waals surface area (Å²) in [4.78, 5) is 11.1. The van der Waals surface area contributed by atoms with E-state index in [9.17, 15) is 23.8 Å². The zero-order valence-corrected chi connectivity index (χ0v) is 9.43. The number of rotatable bonds is 4. The first-order valence-corrected chi connectivity index (χ1v) is 5.09. The Bertz CT molecular complexity index is 426. The minimum absolute atomic E-state index is 0.0130. The Morgan fingerprint density at radius 2 is 1.83 bits per heavy atom. The van der Waals surface area contributed by atoms with Crippen LogP contribution in [0, 0.1) is 11.6 Å². The van der Waals surface area contributed by atoms with Crippen molar-refractivity contribution in [1.82, 2.24) is 0 Å². The van der Waals surface area contributed by atoms with Gasteiger partial charge in [0.25, 0.3) is 0 Å². The molecule has 100 valence electrons. The Morgan fingerprint density at radius 3 is 2.28 bits per heavy atom. The number of ether oxygens (including phenoxy) is 1. The van der Waals surface area contributed by atoms with Gasteiger partial charge in [-0.25, -0.2) is 13.6 Å². The molecule has 0 spiro atoms. The SMILES string of the molecule is CCOC(=O)C(O)C(O)c1cc(F)c(O)c(F)c1. The van der Waals surface area contributed by atoms with Crippen molar-refractivity contribution >= 4 is 5.97 Å². The molecule has 0 aliphatic carbocycles. The molecule has 0 heterocycles. The summed E-state index contributed by atoms with van der Waals surface area (Å²) < 4.78 is 30.5. The largest absolute Gasteiger partial charge is 0.503 e. The van der Waals surface area contributed by atoms with Crippen LogP contribution in [0.3, 0.4) is 0 Å². The van der Waals surface area contributed by atoms with E-state index in [0.717, 1.165) is 0 Å². The molecule has 18 heavy (non-hydrogen) atoms. The number of phenols is 1. The highest BCUT2D eigenvalue weighted by atomic mass is 19.1. The maximum Gasteiger partial charge on any atom is 0.338 e. The van der Waals surface area contributed by atoms with Crippen LogP contribution in [0.1, 0.15) is 18.6 Å². The van der Waals surface area contributed by atoms with Gasteiger partial charge in [0.2, 0.25) is 0 Å². The lowest BCUT2D eigenvalue weighted by molar-refractivity contribution is -0.159. The molecule has 2 atom stereocenters. The van der Waals surface area contributed by atoms with Crippen LogP contribution in [0.15, 0.2) is 12.1 Å². The first-order valence-electron chi connectivity index (χ1n) is 5.09. The van der Waals surface area contributed by atoms with Gasteiger partial charge in [-0.2, -0.15) is 0 Å². The number of esters is 1. The van der Waals surface area contributed by atoms with Gasteiger partial charge in [0.05, 0.1) is 6.61 Å². The molecule has 0 saturated heterocycles. The topological polar surface area (TPSA) is 87.0 Å². The number of halogens is 2. The molecule has 1 aromatic carbocycles. The maximum absolute atomic E-state index is 13.0. The Labute approximate surface area is 101 Å². The molecule has 0 fully saturated rings. The Morgan fingerprint density at radius 1 is 1.33 bits per heavy atom. The fourth-order valence-electron chi connectivity index (χ4n) is 1.29. The summed E-state index contributed by atoms with van der Waals surface area (Å²) in [6.07, 6.45) is -3.82. The van der Waals surface area contributed by atoms with Gasteiger partial charge in [-0.1, -0.05) is 0 Å². The second-order valence-electron chi connectivity index (χ2n) is 3.47. The molecule has 7 heteroatoms. The van der Waals surface area contributed by atoms with E-state index in [-0.39, 0.29) is 12.2 Å². The van der Waals surface area contributed by atoms with Crippen LogP contribution in [-0.2, 0) is 9.53 Å². The molecular formula is C11H12F2O5. The van der Waals surface area contributed by atoms with Gasteiger partial charge in [-0.15, -0.1) is 0 Å². The van der Waals surface area contributed by atoms with Crippen molar-refractivity contribution in [3.63, 3.8) is 0 Å². The summed E-state index contributed by atoms with van der Waals surface area (Å²) in [7, 11) is 0. The average Bonchev–Trinajstić information content (AvgIpc) is 2.33. The molecular weight excluding hydrogens is 250 g/mol. The van der Waals surface area contributed by atoms with Crippen molar-refractivity contribution in [3.05, 3.63) is 29.3 Å². The molecule has 2 unspecified atom stereocenters. The average molecular weight is 262 g/mol. The van der Waals surface area contributed by atoms with Crippen molar-refractivity contribution in [3.8, 4) is 5.75 Å². The normalized spacial score (nSPS) is 14.1. The fourth-order valence-corrected chi connectivity index (χ4v) is 1.29. The van der Waals surface area contributed by atoms with Gasteiger partial charge in [0, 0.05) is 0 Å². The lowest BCUT2D eigenvalue weighted by Crippen LogP contribution is -2.30. The van der Waals surface area contributed by atoms with Crippen LogP contribution >= 0.6 is 0 Å². The number of benzene rings is 1. The lowest BCUT2D eigenvalue weighted by Gasteiger charge is -2.17. The standard InChI is InChI=1S/C11H12F2O5/c1-2-18-11(17)10(16)8(14)5-3-6(12)9(15)7(13)4-5/h3-4,8,10,14-16H,2H2,1H3. The minimum Gasteiger partial charge on any atom is -0.503 e. The number of carbonyl (C=O) groups is 1. The quantitative estimate of drug-likeness (QED) is 0.693. The molecule has 0 amide bonds. The molecule has 0 saturated carbocycles. The molecule has 0 aromatic heterocycles. The van der Waals surface area contributed by atoms with Crippen molar-refractivity contribution in [1.29, 1.82) is 0 Å². The van der Waals surface area contributed by atoms with Gasteiger partial charge in [0.15, 0.2) is 23.5 Å². The summed E-state index contributed by atoms with van der Waals surface area (Å²) in [6.45, 7) is 1.48. The second-order valence-corrected chi connectivity index (χ2v) is 3.47. The molecule has 5 nitrogen and oxygen atoms in total. The molecule has 0 radical (unpaired) electrons. The van der Waals surface area contributed by atoms with Gasteiger partial charge in [-0.3, -0.25) is 0 Å². The monoisotopic (exact) mass is 262 g/mol. The first-order chi connectivity index (χ1) is 8.38. The van der Waals surface area contributed by atoms with Crippen LogP contribution in [0.25, 0.3) is 0 Å². The van der Waals surface area contributed by atoms with Gasteiger partial charge in [0.1, 0.15) is 6.10 Å². The van der Waals surface area contributed by atoms with Crippen molar-refractivity contribution in [2.24, 2.45) is 0 Å². The smallest absolute Gasteiger partial charge is 0.338 e. The van der Waals surface area contributed by atoms with Crippen LogP contribution in [-0.4, -0.2) is 34.0 Å². The van der Waals surface area contributed by atoms with Crippen LogP contribution in [0.5, 0.6) is 5.75 Å². The summed E-state index contributed by atoms with van der Waals surface area (Å²) in [6, 6.07) is 1.23. The molecule has 0 bridgehead atoms. The third-order valence-electron chi connectivity index (χ3n) is 2.21. The minimum atomic E-state index is -1.96. The summed E-state index contributed by atoms with van der Waals surface area (Å²) >= 11 is 0. The van der Waals surface area contributed by atoms with E-state index in [1.807, 2.05) is 0 Å². The predicted octanol–water partition coefficient (Wildman–Crippen LogP) is 0.628. The van der Waals surface area contributed by atoms with Crippen molar-refractivity contribution < 1.29 is 33.6 Å². The maximum atomic E-state index is 13.0. The van der Waals surface area contributed by atoms with Crippen molar-refractivity contribution in [2.45, 2.75) is 19.1 Å². The number of phenolic OH excluding ortho intramolecular Hbond substituents is 1. The van der Waals surface area contributed by atoms with Crippen molar-refractivity contribution in [2.75, 3.05) is 6.61 Å². The Hall–Kier alpha value is -1.73. The number of hydrogen-bond donors (Lipinski definition) is 3. The van der Waals surface area contributed by atoms with Crippen LogP contribution < -0.4 is 0 Å². The fraction of sp³-hybridized carbons (Fsp3) is 0.364. The highest BCUT2D eigenvalue weighted by molar-refractivity contribution is 5.75. The Kier molecular flexibility index (Phi) is 4.57. The lowest BCUT2D eigenvalue weighted by atomic mass is 10.0. The number of hydrogen-bond acceptors (Lipinski definition) is 5. The van der Waals surface area contributed by atoms with Crippen LogP contribution in [0.4, 0.5) is 8.78 Å². The van der Waals surface area contributed by atoms with E-state index >= 15 is 0 Å². The zero-order valence-electron chi connectivity index (χ0n) is 9.43. The molecule has 0 aliphatic rings. The van der Waals surface area contributed by atoms with Gasteiger partial charge < -0.3 is 20.1 Å². The third-order valence-corrected chi connectivity index (χ3v) is 2.21. The van der Waals surface area contributed by atoms with Gasteiger partial charge in [-0.05, 0) is 24.6 Å². The van der Waals surface area contributed by atoms with Crippen LogP contribution in [0.2, 0.25) is 0 Å². The number of aromatic hydroxyl groups is 1. The highest BCUT2D eigenvalue weighted by Crippen LogP contribution is 2.26. The number of aliphatic hydroxyl groups is 2. The van der Waals surface area contributed by atoms with E-state index in [4.69, 9.17) is 5.11 Å². The summed E-state index contributed by atoms with van der Waals surface area (Å²) in [5, 5.41) is 27.8. The Balaban J connectivity index is 2.97. The predicted molar refractivity (Wildman–Crippen MR) is 55.6 cm³/mol. The van der Waals surface area contributed by atoms with E-state index in [1.165, 1.54) is 6.92 Å². The third kappa shape index (κ3) is 2.93. The zero-order chi connectivity index (χ0) is 13.9. The second kappa shape index (κ2) is 5.74. The summed E-state index contributed by atoms with van der Waals surface area (Å²) in [5.74, 6) is -4.92. The number of aliphatic hydroxyl groups excluding tert-OH is 2.